The molecule has 2 N–H and O–H groups in total. The second kappa shape index (κ2) is 6.22. The van der Waals surface area contributed by atoms with Crippen LogP contribution in [0.3, 0.4) is 0 Å². The number of carbonyl (C=O) groups excluding carboxylic acids is 2. The molecule has 0 unspecified atom stereocenters. The van der Waals surface area contributed by atoms with Gasteiger partial charge in [-0.2, -0.15) is 0 Å². The SMILES string of the molecule is Cc1ccc2c(CC(=O)NCC(=O)NC(C)(C)C)coc2c1. The van der Waals surface area contributed by atoms with Crippen molar-refractivity contribution in [3.05, 3.63) is 35.6 Å². The summed E-state index contributed by atoms with van der Waals surface area (Å²) in [6.45, 7) is 7.65. The van der Waals surface area contributed by atoms with E-state index >= 15 is 0 Å². The lowest BCUT2D eigenvalue weighted by Gasteiger charge is -2.20. The van der Waals surface area contributed by atoms with Crippen LogP contribution in [0.2, 0.25) is 0 Å². The Morgan fingerprint density at radius 3 is 2.59 bits per heavy atom. The summed E-state index contributed by atoms with van der Waals surface area (Å²) in [5, 5.41) is 6.35. The molecule has 5 nitrogen and oxygen atoms in total. The average molecular weight is 302 g/mol. The highest BCUT2D eigenvalue weighted by molar-refractivity contribution is 5.90. The van der Waals surface area contributed by atoms with Crippen molar-refractivity contribution >= 4 is 22.8 Å². The van der Waals surface area contributed by atoms with E-state index in [-0.39, 0.29) is 30.3 Å². The van der Waals surface area contributed by atoms with Crippen LogP contribution in [0.1, 0.15) is 31.9 Å². The number of aryl methyl sites for hydroxylation is 1. The summed E-state index contributed by atoms with van der Waals surface area (Å²) in [4.78, 5) is 23.6. The van der Waals surface area contributed by atoms with Crippen molar-refractivity contribution in [3.63, 3.8) is 0 Å². The first-order valence-corrected chi connectivity index (χ1v) is 7.29. The van der Waals surface area contributed by atoms with Crippen molar-refractivity contribution in [1.82, 2.24) is 10.6 Å². The van der Waals surface area contributed by atoms with Gasteiger partial charge >= 0.3 is 0 Å². The predicted molar refractivity (Wildman–Crippen MR) is 85.6 cm³/mol. The fraction of sp³-hybridized carbons (Fsp3) is 0.412. The van der Waals surface area contributed by atoms with Crippen molar-refractivity contribution in [1.29, 1.82) is 0 Å². The summed E-state index contributed by atoms with van der Waals surface area (Å²) in [7, 11) is 0. The van der Waals surface area contributed by atoms with Crippen LogP contribution in [0.5, 0.6) is 0 Å². The van der Waals surface area contributed by atoms with Gasteiger partial charge in [0.2, 0.25) is 11.8 Å². The Bertz CT molecular complexity index is 695. The number of rotatable bonds is 4. The molecule has 0 bridgehead atoms. The fourth-order valence-electron chi connectivity index (χ4n) is 2.20. The molecule has 0 aliphatic rings. The molecule has 5 heteroatoms. The molecule has 2 aromatic rings. The Morgan fingerprint density at radius 1 is 1.18 bits per heavy atom. The number of furan rings is 1. The van der Waals surface area contributed by atoms with Gasteiger partial charge in [-0.05, 0) is 39.3 Å². The number of hydrogen-bond donors (Lipinski definition) is 2. The second-order valence-corrected chi connectivity index (χ2v) is 6.51. The molecule has 0 fully saturated rings. The topological polar surface area (TPSA) is 71.3 Å². The summed E-state index contributed by atoms with van der Waals surface area (Å²) < 4.78 is 5.46. The van der Waals surface area contributed by atoms with E-state index in [2.05, 4.69) is 10.6 Å². The predicted octanol–water partition coefficient (Wildman–Crippen LogP) is 2.31. The summed E-state index contributed by atoms with van der Waals surface area (Å²) in [6, 6.07) is 5.87. The summed E-state index contributed by atoms with van der Waals surface area (Å²) in [5.41, 5.74) is 2.40. The molecule has 1 aromatic carbocycles. The van der Waals surface area contributed by atoms with E-state index in [0.29, 0.717) is 0 Å². The van der Waals surface area contributed by atoms with Crippen LogP contribution in [-0.2, 0) is 16.0 Å². The standard InChI is InChI=1S/C17H22N2O3/c1-11-5-6-13-12(10-22-14(13)7-11)8-15(20)18-9-16(21)19-17(2,3)4/h5-7,10H,8-9H2,1-4H3,(H,18,20)(H,19,21). The van der Waals surface area contributed by atoms with E-state index in [1.165, 1.54) is 0 Å². The Labute approximate surface area is 130 Å². The van der Waals surface area contributed by atoms with Crippen molar-refractivity contribution in [2.24, 2.45) is 0 Å². The molecule has 0 radical (unpaired) electrons. The summed E-state index contributed by atoms with van der Waals surface area (Å²) in [5.74, 6) is -0.402. The maximum absolute atomic E-state index is 12.0. The highest BCUT2D eigenvalue weighted by atomic mass is 16.3. The van der Waals surface area contributed by atoms with Gasteiger partial charge in [0.1, 0.15) is 5.58 Å². The summed E-state index contributed by atoms with van der Waals surface area (Å²) in [6.07, 6.45) is 1.79. The lowest BCUT2D eigenvalue weighted by molar-refractivity contribution is -0.126. The van der Waals surface area contributed by atoms with Gasteiger partial charge in [0, 0.05) is 16.5 Å². The van der Waals surface area contributed by atoms with Gasteiger partial charge in [-0.15, -0.1) is 0 Å². The Morgan fingerprint density at radius 2 is 1.91 bits per heavy atom. The zero-order chi connectivity index (χ0) is 16.3. The number of nitrogens with one attached hydrogen (secondary N) is 2. The lowest BCUT2D eigenvalue weighted by atomic mass is 10.1. The third kappa shape index (κ3) is 4.35. The van der Waals surface area contributed by atoms with Crippen molar-refractivity contribution in [2.75, 3.05) is 6.54 Å². The molecule has 0 saturated carbocycles. The number of fused-ring (bicyclic) bond motifs is 1. The van der Waals surface area contributed by atoms with Crippen LogP contribution in [0.25, 0.3) is 11.0 Å². The molecule has 1 heterocycles. The first-order chi connectivity index (χ1) is 10.2. The molecule has 2 rings (SSSR count). The van der Waals surface area contributed by atoms with E-state index in [9.17, 15) is 9.59 Å². The monoisotopic (exact) mass is 302 g/mol. The molecule has 0 aliphatic heterocycles. The van der Waals surface area contributed by atoms with E-state index in [1.54, 1.807) is 6.26 Å². The van der Waals surface area contributed by atoms with Crippen LogP contribution < -0.4 is 10.6 Å². The molecule has 1 aromatic heterocycles. The van der Waals surface area contributed by atoms with Crippen LogP contribution in [0, 0.1) is 6.92 Å². The largest absolute Gasteiger partial charge is 0.464 e. The Kier molecular flexibility index (Phi) is 4.54. The Balaban J connectivity index is 1.93. The number of benzene rings is 1. The third-order valence-electron chi connectivity index (χ3n) is 3.12. The minimum atomic E-state index is -0.305. The first-order valence-electron chi connectivity index (χ1n) is 7.29. The van der Waals surface area contributed by atoms with E-state index in [1.807, 2.05) is 45.9 Å². The molecule has 118 valence electrons. The van der Waals surface area contributed by atoms with Crippen molar-refractivity contribution < 1.29 is 14.0 Å². The van der Waals surface area contributed by atoms with Gasteiger partial charge in [0.05, 0.1) is 19.2 Å². The van der Waals surface area contributed by atoms with E-state index < -0.39 is 0 Å². The lowest BCUT2D eigenvalue weighted by Crippen LogP contribution is -2.46. The minimum Gasteiger partial charge on any atom is -0.464 e. The third-order valence-corrected chi connectivity index (χ3v) is 3.12. The average Bonchev–Trinajstić information content (AvgIpc) is 2.77. The maximum Gasteiger partial charge on any atom is 0.239 e. The van der Waals surface area contributed by atoms with Gasteiger partial charge in [-0.3, -0.25) is 9.59 Å². The summed E-state index contributed by atoms with van der Waals surface area (Å²) >= 11 is 0. The normalized spacial score (nSPS) is 11.5. The molecule has 0 saturated heterocycles. The molecule has 22 heavy (non-hydrogen) atoms. The van der Waals surface area contributed by atoms with Gasteiger partial charge in [-0.1, -0.05) is 12.1 Å². The van der Waals surface area contributed by atoms with Crippen LogP contribution in [0.15, 0.2) is 28.9 Å². The van der Waals surface area contributed by atoms with Gasteiger partial charge in [0.25, 0.3) is 0 Å². The minimum absolute atomic E-state index is 0.0228. The van der Waals surface area contributed by atoms with Gasteiger partial charge in [0.15, 0.2) is 0 Å². The highest BCUT2D eigenvalue weighted by Crippen LogP contribution is 2.22. The Hall–Kier alpha value is -2.30. The molecule has 2 amide bonds. The molecular formula is C17H22N2O3. The van der Waals surface area contributed by atoms with E-state index in [4.69, 9.17) is 4.42 Å². The smallest absolute Gasteiger partial charge is 0.239 e. The van der Waals surface area contributed by atoms with Crippen LogP contribution in [0.4, 0.5) is 0 Å². The van der Waals surface area contributed by atoms with Gasteiger partial charge < -0.3 is 15.1 Å². The quantitative estimate of drug-likeness (QED) is 0.910. The van der Waals surface area contributed by atoms with Crippen LogP contribution >= 0.6 is 0 Å². The van der Waals surface area contributed by atoms with Crippen molar-refractivity contribution in [2.45, 2.75) is 39.7 Å². The molecule has 0 aliphatic carbocycles. The molecule has 0 spiro atoms. The van der Waals surface area contributed by atoms with Gasteiger partial charge in [-0.25, -0.2) is 0 Å². The number of hydrogen-bond acceptors (Lipinski definition) is 3. The van der Waals surface area contributed by atoms with Crippen molar-refractivity contribution in [3.8, 4) is 0 Å². The first kappa shape index (κ1) is 16.1. The fourth-order valence-corrected chi connectivity index (χ4v) is 2.20. The zero-order valence-electron chi connectivity index (χ0n) is 13.4. The number of carbonyl (C=O) groups is 2. The number of amides is 2. The molecule has 0 atom stereocenters. The van der Waals surface area contributed by atoms with E-state index in [0.717, 1.165) is 22.1 Å². The second-order valence-electron chi connectivity index (χ2n) is 6.51. The maximum atomic E-state index is 12.0. The highest BCUT2D eigenvalue weighted by Gasteiger charge is 2.15. The van der Waals surface area contributed by atoms with Crippen LogP contribution in [-0.4, -0.2) is 23.9 Å². The molecular weight excluding hydrogens is 280 g/mol. The zero-order valence-corrected chi connectivity index (χ0v) is 13.4.